The second-order valence-corrected chi connectivity index (χ2v) is 7.09. The Kier molecular flexibility index (Phi) is 5.24. The molecule has 0 saturated carbocycles. The lowest BCUT2D eigenvalue weighted by atomic mass is 10.1. The number of ketones is 1. The number of ether oxygens (including phenoxy) is 1. The molecule has 3 rings (SSSR count). The van der Waals surface area contributed by atoms with Gasteiger partial charge in [0.15, 0.2) is 11.3 Å². The van der Waals surface area contributed by atoms with Gasteiger partial charge in [0.2, 0.25) is 5.78 Å². The number of nitrogens with zero attached hydrogens (tertiary/aromatic N) is 2. The fraction of sp³-hybridized carbons (Fsp3) is 0.188. The van der Waals surface area contributed by atoms with E-state index in [9.17, 15) is 4.79 Å². The van der Waals surface area contributed by atoms with Gasteiger partial charge in [0.1, 0.15) is 0 Å². The van der Waals surface area contributed by atoms with Crippen LogP contribution >= 0.6 is 39.3 Å². The zero-order valence-electron chi connectivity index (χ0n) is 12.8. The number of aromatic nitrogens is 3. The highest BCUT2D eigenvalue weighted by molar-refractivity contribution is 9.10. The van der Waals surface area contributed by atoms with E-state index >= 15 is 0 Å². The van der Waals surface area contributed by atoms with Gasteiger partial charge in [-0.15, -0.1) is 11.8 Å². The summed E-state index contributed by atoms with van der Waals surface area (Å²) in [5.74, 6) is 0.289. The van der Waals surface area contributed by atoms with Gasteiger partial charge < -0.3 is 9.72 Å². The third-order valence-electron chi connectivity index (χ3n) is 3.52. The van der Waals surface area contributed by atoms with Crippen molar-refractivity contribution in [3.63, 3.8) is 0 Å². The summed E-state index contributed by atoms with van der Waals surface area (Å²) in [7, 11) is 1.51. The lowest BCUT2D eigenvalue weighted by Gasteiger charge is -2.11. The Bertz CT molecular complexity index is 897. The lowest BCUT2D eigenvalue weighted by molar-refractivity contribution is 0.0791. The van der Waals surface area contributed by atoms with Crippen LogP contribution in [-0.4, -0.2) is 39.5 Å². The molecule has 0 fully saturated rings. The number of hydrogen-bond donors (Lipinski definition) is 1. The summed E-state index contributed by atoms with van der Waals surface area (Å²) in [6.45, 7) is 0. The van der Waals surface area contributed by atoms with E-state index in [0.717, 1.165) is 15.4 Å². The molecule has 0 saturated heterocycles. The Balaban J connectivity index is 2.30. The van der Waals surface area contributed by atoms with E-state index in [2.05, 4.69) is 30.9 Å². The summed E-state index contributed by atoms with van der Waals surface area (Å²) in [6.07, 6.45) is 5.09. The van der Waals surface area contributed by atoms with Crippen LogP contribution in [0.2, 0.25) is 5.02 Å². The molecular weight excluding hydrogens is 414 g/mol. The summed E-state index contributed by atoms with van der Waals surface area (Å²) in [4.78, 5) is 24.6. The molecule has 0 amide bonds. The molecule has 0 radical (unpaired) electrons. The van der Waals surface area contributed by atoms with Crippen molar-refractivity contribution in [1.82, 2.24) is 15.0 Å². The third-order valence-corrected chi connectivity index (χ3v) is 5.55. The fourth-order valence-corrected chi connectivity index (χ4v) is 3.49. The Labute approximate surface area is 156 Å². The molecule has 124 valence electrons. The first-order valence-corrected chi connectivity index (χ1v) is 9.40. The molecule has 0 aliphatic rings. The molecule has 0 spiro atoms. The summed E-state index contributed by atoms with van der Waals surface area (Å²) in [5.41, 5.74) is 1.19. The average Bonchev–Trinajstić information content (AvgIpc) is 2.95. The van der Waals surface area contributed by atoms with Crippen LogP contribution in [0.3, 0.4) is 0 Å². The van der Waals surface area contributed by atoms with Crippen molar-refractivity contribution in [3.8, 4) is 11.4 Å². The largest absolute Gasteiger partial charge is 0.362 e. The Morgan fingerprint density at radius 3 is 2.71 bits per heavy atom. The number of Topliss-reactive ketones (excluding diaryl/α,β-unsaturated/α-hetero) is 1. The molecular formula is C16H13BrClN3O2S. The molecule has 2 heterocycles. The number of H-pyrrole nitrogens is 1. The van der Waals surface area contributed by atoms with Crippen molar-refractivity contribution in [2.45, 2.75) is 5.44 Å². The van der Waals surface area contributed by atoms with Crippen molar-refractivity contribution in [2.75, 3.05) is 13.4 Å². The average molecular weight is 427 g/mol. The van der Waals surface area contributed by atoms with Crippen molar-refractivity contribution in [2.24, 2.45) is 0 Å². The smallest absolute Gasteiger partial charge is 0.218 e. The van der Waals surface area contributed by atoms with Crippen molar-refractivity contribution < 1.29 is 9.53 Å². The monoisotopic (exact) mass is 425 g/mol. The van der Waals surface area contributed by atoms with Crippen molar-refractivity contribution >= 4 is 56.0 Å². The number of nitrogens with one attached hydrogen (secondary N) is 1. The first-order valence-electron chi connectivity index (χ1n) is 6.94. The van der Waals surface area contributed by atoms with Gasteiger partial charge in [-0.05, 0) is 40.4 Å². The summed E-state index contributed by atoms with van der Waals surface area (Å²) in [5, 5.41) is 1.33. The van der Waals surface area contributed by atoms with Gasteiger partial charge in [0.25, 0.3) is 0 Å². The number of halogens is 2. The number of rotatable bonds is 5. The van der Waals surface area contributed by atoms with Crippen LogP contribution in [0.5, 0.6) is 0 Å². The first kappa shape index (κ1) is 17.4. The predicted molar refractivity (Wildman–Crippen MR) is 101 cm³/mol. The van der Waals surface area contributed by atoms with Gasteiger partial charge in [-0.1, -0.05) is 11.6 Å². The van der Waals surface area contributed by atoms with E-state index in [0.29, 0.717) is 22.1 Å². The number of fused-ring (bicyclic) bond motifs is 1. The SMILES string of the molecule is COC(SC)C(=O)c1[nH]c2cc(Br)c(Cl)cc2c1-c1ncccn1. The molecule has 1 unspecified atom stereocenters. The minimum atomic E-state index is -0.612. The van der Waals surface area contributed by atoms with Gasteiger partial charge >= 0.3 is 0 Å². The Morgan fingerprint density at radius 1 is 1.38 bits per heavy atom. The maximum Gasteiger partial charge on any atom is 0.218 e. The predicted octanol–water partition coefficient (Wildman–Crippen LogP) is 4.56. The van der Waals surface area contributed by atoms with Crippen LogP contribution < -0.4 is 0 Å². The molecule has 5 nitrogen and oxygen atoms in total. The zero-order valence-corrected chi connectivity index (χ0v) is 16.0. The van der Waals surface area contributed by atoms with E-state index in [1.54, 1.807) is 24.5 Å². The van der Waals surface area contributed by atoms with E-state index < -0.39 is 5.44 Å². The van der Waals surface area contributed by atoms with Gasteiger partial charge in [-0.3, -0.25) is 4.79 Å². The molecule has 1 atom stereocenters. The molecule has 0 aliphatic carbocycles. The Hall–Kier alpha value is -1.41. The van der Waals surface area contributed by atoms with Crippen LogP contribution in [-0.2, 0) is 4.74 Å². The topological polar surface area (TPSA) is 67.9 Å². The van der Waals surface area contributed by atoms with Gasteiger partial charge in [0.05, 0.1) is 16.3 Å². The number of carbonyl (C=O) groups is 1. The van der Waals surface area contributed by atoms with E-state index in [1.165, 1.54) is 18.9 Å². The standard InChI is InChI=1S/C16H13BrClN3O2S/c1-23-16(24-2)14(22)13-12(15-19-4-3-5-20-15)8-6-10(18)9(17)7-11(8)21-13/h3-7,16,21H,1-2H3. The van der Waals surface area contributed by atoms with Crippen LogP contribution in [0, 0.1) is 0 Å². The van der Waals surface area contributed by atoms with Crippen LogP contribution in [0.4, 0.5) is 0 Å². The molecule has 2 aromatic heterocycles. The third kappa shape index (κ3) is 3.09. The Morgan fingerprint density at radius 2 is 2.08 bits per heavy atom. The number of thioether (sulfide) groups is 1. The van der Waals surface area contributed by atoms with E-state index in [1.807, 2.05) is 12.3 Å². The second-order valence-electron chi connectivity index (χ2n) is 4.93. The normalized spacial score (nSPS) is 12.5. The second kappa shape index (κ2) is 7.23. The molecule has 1 N–H and O–H groups in total. The molecule has 8 heteroatoms. The lowest BCUT2D eigenvalue weighted by Crippen LogP contribution is -2.20. The molecule has 0 bridgehead atoms. The highest BCUT2D eigenvalue weighted by Gasteiger charge is 2.27. The van der Waals surface area contributed by atoms with Crippen molar-refractivity contribution in [1.29, 1.82) is 0 Å². The first-order chi connectivity index (χ1) is 11.6. The van der Waals surface area contributed by atoms with Crippen molar-refractivity contribution in [3.05, 3.63) is 45.8 Å². The maximum atomic E-state index is 12.9. The number of methoxy groups -OCH3 is 1. The quantitative estimate of drug-likeness (QED) is 0.478. The van der Waals surface area contributed by atoms with Gasteiger partial charge in [-0.2, -0.15) is 0 Å². The van der Waals surface area contributed by atoms with E-state index in [4.69, 9.17) is 16.3 Å². The molecule has 24 heavy (non-hydrogen) atoms. The maximum absolute atomic E-state index is 12.9. The number of carbonyl (C=O) groups excluding carboxylic acids is 1. The number of aromatic amines is 1. The number of benzene rings is 1. The van der Waals surface area contributed by atoms with Crippen LogP contribution in [0.25, 0.3) is 22.3 Å². The summed E-state index contributed by atoms with van der Waals surface area (Å²) < 4.78 is 6.01. The minimum Gasteiger partial charge on any atom is -0.362 e. The highest BCUT2D eigenvalue weighted by Crippen LogP contribution is 2.36. The zero-order chi connectivity index (χ0) is 17.3. The number of hydrogen-bond acceptors (Lipinski definition) is 5. The highest BCUT2D eigenvalue weighted by atomic mass is 79.9. The summed E-state index contributed by atoms with van der Waals surface area (Å²) >= 11 is 11.0. The van der Waals surface area contributed by atoms with Crippen LogP contribution in [0.1, 0.15) is 10.5 Å². The molecule has 1 aromatic carbocycles. The van der Waals surface area contributed by atoms with Gasteiger partial charge in [0, 0.05) is 34.9 Å². The molecule has 0 aliphatic heterocycles. The van der Waals surface area contributed by atoms with E-state index in [-0.39, 0.29) is 5.78 Å². The van der Waals surface area contributed by atoms with Gasteiger partial charge in [-0.25, -0.2) is 9.97 Å². The fourth-order valence-electron chi connectivity index (χ4n) is 2.46. The minimum absolute atomic E-state index is 0.170. The summed E-state index contributed by atoms with van der Waals surface area (Å²) in [6, 6.07) is 5.35. The van der Waals surface area contributed by atoms with Crippen LogP contribution in [0.15, 0.2) is 35.1 Å². The molecule has 3 aromatic rings.